The number of anilines is 1. The van der Waals surface area contributed by atoms with E-state index < -0.39 is 5.97 Å². The molecule has 19 heavy (non-hydrogen) atoms. The summed E-state index contributed by atoms with van der Waals surface area (Å²) in [5.74, 6) is -1.28. The van der Waals surface area contributed by atoms with E-state index in [-0.39, 0.29) is 12.5 Å². The van der Waals surface area contributed by atoms with Gasteiger partial charge in [0.25, 0.3) is 5.91 Å². The quantitative estimate of drug-likeness (QED) is 0.814. The van der Waals surface area contributed by atoms with Gasteiger partial charge >= 0.3 is 5.97 Å². The molecular formula is C10H7Br2N3O3S. The molecule has 2 rings (SSSR count). The van der Waals surface area contributed by atoms with Crippen molar-refractivity contribution in [3.05, 3.63) is 31.6 Å². The van der Waals surface area contributed by atoms with Crippen LogP contribution in [0.4, 0.5) is 5.69 Å². The number of hydrogen-bond donors (Lipinski definition) is 2. The Morgan fingerprint density at radius 1 is 1.47 bits per heavy atom. The molecule has 0 aliphatic rings. The van der Waals surface area contributed by atoms with Crippen LogP contribution in [-0.4, -0.2) is 26.8 Å². The van der Waals surface area contributed by atoms with Gasteiger partial charge in [-0.2, -0.15) is 5.10 Å². The van der Waals surface area contributed by atoms with Crippen LogP contribution in [0.15, 0.2) is 26.0 Å². The van der Waals surface area contributed by atoms with Crippen LogP contribution in [0.5, 0.6) is 0 Å². The van der Waals surface area contributed by atoms with Crippen LogP contribution in [0.3, 0.4) is 0 Å². The number of thiophene rings is 1. The Labute approximate surface area is 128 Å². The van der Waals surface area contributed by atoms with Gasteiger partial charge in [0.05, 0.1) is 25.0 Å². The van der Waals surface area contributed by atoms with Gasteiger partial charge in [0.1, 0.15) is 6.54 Å². The minimum absolute atomic E-state index is 0.246. The number of hydrogen-bond acceptors (Lipinski definition) is 4. The highest BCUT2D eigenvalue weighted by Crippen LogP contribution is 2.32. The Morgan fingerprint density at radius 3 is 2.79 bits per heavy atom. The number of amides is 1. The summed E-state index contributed by atoms with van der Waals surface area (Å²) in [5.41, 5.74) is 0.948. The molecule has 0 unspecified atom stereocenters. The maximum absolute atomic E-state index is 12.0. The van der Waals surface area contributed by atoms with E-state index in [1.54, 1.807) is 6.07 Å². The molecule has 0 aromatic carbocycles. The minimum Gasteiger partial charge on any atom is -0.480 e. The summed E-state index contributed by atoms with van der Waals surface area (Å²) in [7, 11) is 0. The molecule has 0 atom stereocenters. The van der Waals surface area contributed by atoms with Crippen molar-refractivity contribution in [3.63, 3.8) is 0 Å². The second-order valence-electron chi connectivity index (χ2n) is 3.51. The fraction of sp³-hybridized carbons (Fsp3) is 0.100. The van der Waals surface area contributed by atoms with Crippen molar-refractivity contribution in [2.75, 3.05) is 5.32 Å². The molecule has 0 radical (unpaired) electrons. The summed E-state index contributed by atoms with van der Waals surface area (Å²) in [4.78, 5) is 22.5. The number of aliphatic carboxylic acids is 1. The number of halogens is 2. The SMILES string of the molecule is O=C(O)Cn1cc(NC(=O)c2cc(Br)sc2Br)cn1. The molecule has 2 heterocycles. The Hall–Kier alpha value is -1.19. The average molecular weight is 409 g/mol. The first-order valence-corrected chi connectivity index (χ1v) is 7.36. The minimum atomic E-state index is -0.995. The van der Waals surface area contributed by atoms with E-state index >= 15 is 0 Å². The number of nitrogens with zero attached hydrogens (tertiary/aromatic N) is 2. The molecule has 6 nitrogen and oxygen atoms in total. The van der Waals surface area contributed by atoms with Gasteiger partial charge in [-0.25, -0.2) is 0 Å². The predicted octanol–water partition coefficient (Wildman–Crippen LogP) is 2.81. The van der Waals surface area contributed by atoms with E-state index in [1.807, 2.05) is 0 Å². The van der Waals surface area contributed by atoms with E-state index in [9.17, 15) is 9.59 Å². The van der Waals surface area contributed by atoms with Crippen LogP contribution in [0.1, 0.15) is 10.4 Å². The summed E-state index contributed by atoms with van der Waals surface area (Å²) in [5, 5.41) is 15.1. The van der Waals surface area contributed by atoms with Crippen molar-refractivity contribution in [3.8, 4) is 0 Å². The maximum atomic E-state index is 12.0. The van der Waals surface area contributed by atoms with Gasteiger partial charge in [0, 0.05) is 6.20 Å². The van der Waals surface area contributed by atoms with Crippen LogP contribution in [-0.2, 0) is 11.3 Å². The average Bonchev–Trinajstić information content (AvgIpc) is 2.84. The number of rotatable bonds is 4. The summed E-state index contributed by atoms with van der Waals surface area (Å²) >= 11 is 7.99. The van der Waals surface area contributed by atoms with Crippen molar-refractivity contribution in [1.29, 1.82) is 0 Å². The van der Waals surface area contributed by atoms with Gasteiger partial charge in [-0.15, -0.1) is 11.3 Å². The van der Waals surface area contributed by atoms with Gasteiger partial charge in [-0.05, 0) is 37.9 Å². The molecule has 9 heteroatoms. The van der Waals surface area contributed by atoms with Crippen molar-refractivity contribution in [2.24, 2.45) is 0 Å². The van der Waals surface area contributed by atoms with Crippen LogP contribution in [0.2, 0.25) is 0 Å². The summed E-state index contributed by atoms with van der Waals surface area (Å²) in [6.45, 7) is -0.246. The van der Waals surface area contributed by atoms with Crippen LogP contribution in [0.25, 0.3) is 0 Å². The molecule has 0 saturated carbocycles. The van der Waals surface area contributed by atoms with Gasteiger partial charge in [-0.1, -0.05) is 0 Å². The smallest absolute Gasteiger partial charge is 0.325 e. The number of aromatic nitrogens is 2. The molecule has 0 spiro atoms. The second kappa shape index (κ2) is 5.85. The van der Waals surface area contributed by atoms with Gasteiger partial charge in [-0.3, -0.25) is 14.3 Å². The fourth-order valence-corrected chi connectivity index (χ4v) is 4.14. The number of carboxylic acid groups (broad SMARTS) is 1. The molecule has 2 aromatic rings. The molecule has 2 N–H and O–H groups in total. The zero-order chi connectivity index (χ0) is 14.0. The number of carboxylic acids is 1. The molecule has 0 bridgehead atoms. The molecule has 0 aliphatic carbocycles. The van der Waals surface area contributed by atoms with Gasteiger partial charge < -0.3 is 10.4 Å². The standard InChI is InChI=1S/C10H7Br2N3O3S/c11-7-1-6(9(12)19-7)10(18)14-5-2-13-15(3-5)4-8(16)17/h1-3H,4H2,(H,14,18)(H,16,17). The molecule has 0 aliphatic heterocycles. The fourth-order valence-electron chi connectivity index (χ4n) is 1.35. The summed E-state index contributed by atoms with van der Waals surface area (Å²) in [6, 6.07) is 1.70. The highest BCUT2D eigenvalue weighted by Gasteiger charge is 2.14. The molecule has 2 aromatic heterocycles. The summed E-state index contributed by atoms with van der Waals surface area (Å²) in [6.07, 6.45) is 2.86. The van der Waals surface area contributed by atoms with Crippen LogP contribution in [0, 0.1) is 0 Å². The topological polar surface area (TPSA) is 84.2 Å². The predicted molar refractivity (Wildman–Crippen MR) is 77.5 cm³/mol. The van der Waals surface area contributed by atoms with E-state index in [0.717, 1.165) is 7.57 Å². The lowest BCUT2D eigenvalue weighted by Gasteiger charge is -2.00. The van der Waals surface area contributed by atoms with E-state index in [4.69, 9.17) is 5.11 Å². The van der Waals surface area contributed by atoms with Crippen LogP contribution < -0.4 is 5.32 Å². The molecule has 0 fully saturated rings. The Kier molecular flexibility index (Phi) is 4.38. The largest absolute Gasteiger partial charge is 0.480 e. The third kappa shape index (κ3) is 3.64. The zero-order valence-corrected chi connectivity index (χ0v) is 13.2. The van der Waals surface area contributed by atoms with E-state index in [0.29, 0.717) is 11.3 Å². The first kappa shape index (κ1) is 14.2. The first-order chi connectivity index (χ1) is 8.95. The molecule has 100 valence electrons. The lowest BCUT2D eigenvalue weighted by atomic mass is 10.3. The Bertz CT molecular complexity index is 638. The number of carbonyl (C=O) groups is 2. The van der Waals surface area contributed by atoms with E-state index in [1.165, 1.54) is 28.4 Å². The summed E-state index contributed by atoms with van der Waals surface area (Å²) < 4.78 is 2.79. The maximum Gasteiger partial charge on any atom is 0.325 e. The third-order valence-electron chi connectivity index (χ3n) is 2.09. The monoisotopic (exact) mass is 407 g/mol. The number of carbonyl (C=O) groups excluding carboxylic acids is 1. The van der Waals surface area contributed by atoms with Crippen molar-refractivity contribution in [2.45, 2.75) is 6.54 Å². The lowest BCUT2D eigenvalue weighted by Crippen LogP contribution is -2.11. The Balaban J connectivity index is 2.09. The highest BCUT2D eigenvalue weighted by molar-refractivity contribution is 9.12. The molecular weight excluding hydrogens is 402 g/mol. The second-order valence-corrected chi connectivity index (χ2v) is 7.26. The molecule has 0 saturated heterocycles. The van der Waals surface area contributed by atoms with Crippen molar-refractivity contribution in [1.82, 2.24) is 9.78 Å². The normalized spacial score (nSPS) is 10.4. The van der Waals surface area contributed by atoms with Crippen molar-refractivity contribution >= 4 is 60.8 Å². The van der Waals surface area contributed by atoms with Gasteiger partial charge in [0.15, 0.2) is 0 Å². The highest BCUT2D eigenvalue weighted by atomic mass is 79.9. The van der Waals surface area contributed by atoms with Gasteiger partial charge in [0.2, 0.25) is 0 Å². The third-order valence-corrected chi connectivity index (χ3v) is 4.43. The number of nitrogens with one attached hydrogen (secondary N) is 1. The first-order valence-electron chi connectivity index (χ1n) is 4.96. The zero-order valence-electron chi connectivity index (χ0n) is 9.26. The van der Waals surface area contributed by atoms with Crippen LogP contribution >= 0.6 is 43.2 Å². The lowest BCUT2D eigenvalue weighted by molar-refractivity contribution is -0.137. The van der Waals surface area contributed by atoms with E-state index in [2.05, 4.69) is 42.3 Å². The molecule has 1 amide bonds. The Morgan fingerprint density at radius 2 is 2.21 bits per heavy atom. The van der Waals surface area contributed by atoms with Crippen molar-refractivity contribution < 1.29 is 14.7 Å².